The zero-order valence-electron chi connectivity index (χ0n) is 27.6. The van der Waals surface area contributed by atoms with E-state index >= 15 is 0 Å². The fourth-order valence-electron chi connectivity index (χ4n) is 7.10. The van der Waals surface area contributed by atoms with Crippen molar-refractivity contribution in [1.29, 1.82) is 0 Å². The van der Waals surface area contributed by atoms with Crippen molar-refractivity contribution in [2.24, 2.45) is 5.92 Å². The van der Waals surface area contributed by atoms with Crippen LogP contribution in [0.2, 0.25) is 0 Å². The largest absolute Gasteiger partial charge is 0.392 e. The van der Waals surface area contributed by atoms with E-state index in [4.69, 9.17) is 9.47 Å². The molecule has 2 aliphatic rings. The molecule has 4 unspecified atom stereocenters. The molecule has 5 aromatic rings. The van der Waals surface area contributed by atoms with E-state index in [0.717, 1.165) is 65.8 Å². The van der Waals surface area contributed by atoms with Crippen LogP contribution in [-0.2, 0) is 22.6 Å². The van der Waals surface area contributed by atoms with Gasteiger partial charge in [-0.3, -0.25) is 4.57 Å². The standard InChI is InChI=1S/C39H43N5O5/c1-26-35(24-43-20-18-32(19-21-43)44-34-13-6-5-12-33(34)42-39(44)47)48-37(49-36(26)29-16-14-28(25-45)15-17-29)30-10-7-11-31(22-30)41-38(46)40-23-27-8-3-2-4-9-27/h2-17,22,26,32,35-37,45H,18-21,23-25H2,1H3,(H,42,47)(H2,40,41,46). The molecule has 0 saturated carbocycles. The molecule has 49 heavy (non-hydrogen) atoms. The number of H-pyrrole nitrogens is 1. The number of aliphatic hydroxyl groups excluding tert-OH is 1. The molecule has 2 fully saturated rings. The third kappa shape index (κ3) is 7.47. The minimum absolute atomic E-state index is 0.0188. The van der Waals surface area contributed by atoms with Gasteiger partial charge >= 0.3 is 11.7 Å². The number of likely N-dealkylation sites (tertiary alicyclic amines) is 1. The summed E-state index contributed by atoms with van der Waals surface area (Å²) in [5.74, 6) is 0.0373. The number of aromatic nitrogens is 2. The number of imidazole rings is 1. The molecular formula is C39H43N5O5. The highest BCUT2D eigenvalue weighted by atomic mass is 16.7. The van der Waals surface area contributed by atoms with E-state index in [0.29, 0.717) is 12.2 Å². The van der Waals surface area contributed by atoms with Crippen LogP contribution in [0.5, 0.6) is 0 Å². The van der Waals surface area contributed by atoms with Gasteiger partial charge in [0.1, 0.15) is 0 Å². The summed E-state index contributed by atoms with van der Waals surface area (Å²) in [5, 5.41) is 15.5. The molecule has 4 N–H and O–H groups in total. The quantitative estimate of drug-likeness (QED) is 0.148. The lowest BCUT2D eigenvalue weighted by Crippen LogP contribution is -2.47. The second kappa shape index (κ2) is 14.8. The van der Waals surface area contributed by atoms with Crippen molar-refractivity contribution in [3.63, 3.8) is 0 Å². The Kier molecular flexibility index (Phi) is 9.90. The summed E-state index contributed by atoms with van der Waals surface area (Å²) in [5.41, 5.74) is 6.12. The molecule has 0 aliphatic carbocycles. The highest BCUT2D eigenvalue weighted by Crippen LogP contribution is 2.42. The van der Waals surface area contributed by atoms with Crippen LogP contribution in [0.3, 0.4) is 0 Å². The Morgan fingerprint density at radius 2 is 1.63 bits per heavy atom. The Hall–Kier alpha value is -4.74. The molecule has 4 atom stereocenters. The molecule has 254 valence electrons. The van der Waals surface area contributed by atoms with E-state index in [9.17, 15) is 14.7 Å². The van der Waals surface area contributed by atoms with Crippen molar-refractivity contribution in [1.82, 2.24) is 19.8 Å². The van der Waals surface area contributed by atoms with Gasteiger partial charge in [-0.05, 0) is 53.8 Å². The average molecular weight is 662 g/mol. The lowest BCUT2D eigenvalue weighted by molar-refractivity contribution is -0.276. The highest BCUT2D eigenvalue weighted by Gasteiger charge is 2.39. The molecule has 10 nitrogen and oxygen atoms in total. The first kappa shape index (κ1) is 32.8. The summed E-state index contributed by atoms with van der Waals surface area (Å²) in [6.07, 6.45) is 0.702. The Bertz CT molecular complexity index is 1920. The maximum Gasteiger partial charge on any atom is 0.326 e. The predicted molar refractivity (Wildman–Crippen MR) is 189 cm³/mol. The number of anilines is 1. The van der Waals surface area contributed by atoms with Crippen LogP contribution >= 0.6 is 0 Å². The van der Waals surface area contributed by atoms with Gasteiger partial charge in [-0.25, -0.2) is 9.59 Å². The number of fused-ring (bicyclic) bond motifs is 1. The topological polar surface area (TPSA) is 121 Å². The first-order chi connectivity index (χ1) is 23.9. The molecule has 2 saturated heterocycles. The van der Waals surface area contributed by atoms with Crippen molar-refractivity contribution in [3.8, 4) is 0 Å². The maximum absolute atomic E-state index is 12.9. The number of aromatic amines is 1. The van der Waals surface area contributed by atoms with Crippen LogP contribution in [0.1, 0.15) is 60.5 Å². The van der Waals surface area contributed by atoms with Gasteiger partial charge in [-0.1, -0.05) is 85.8 Å². The number of hydrogen-bond donors (Lipinski definition) is 4. The Morgan fingerprint density at radius 1 is 0.878 bits per heavy atom. The number of piperidine rings is 1. The summed E-state index contributed by atoms with van der Waals surface area (Å²) in [6, 6.07) is 33.0. The molecule has 2 amide bonds. The summed E-state index contributed by atoms with van der Waals surface area (Å²) < 4.78 is 15.3. The van der Waals surface area contributed by atoms with Gasteiger partial charge in [-0.15, -0.1) is 0 Å². The van der Waals surface area contributed by atoms with E-state index in [-0.39, 0.29) is 42.5 Å². The second-order valence-corrected chi connectivity index (χ2v) is 13.1. The smallest absolute Gasteiger partial charge is 0.326 e. The van der Waals surface area contributed by atoms with Gasteiger partial charge in [-0.2, -0.15) is 0 Å². The van der Waals surface area contributed by atoms with Crippen LogP contribution in [0, 0.1) is 5.92 Å². The number of rotatable bonds is 9. The van der Waals surface area contributed by atoms with Crippen molar-refractivity contribution in [3.05, 3.63) is 136 Å². The number of aliphatic hydroxyl groups is 1. The van der Waals surface area contributed by atoms with Crippen LogP contribution in [0.25, 0.3) is 11.0 Å². The summed E-state index contributed by atoms with van der Waals surface area (Å²) >= 11 is 0. The number of para-hydroxylation sites is 2. The van der Waals surface area contributed by atoms with Crippen molar-refractivity contribution in [2.45, 2.75) is 57.5 Å². The van der Waals surface area contributed by atoms with Crippen molar-refractivity contribution in [2.75, 3.05) is 25.0 Å². The van der Waals surface area contributed by atoms with Crippen LogP contribution < -0.4 is 16.3 Å². The van der Waals surface area contributed by atoms with E-state index in [1.165, 1.54) is 0 Å². The number of carbonyl (C=O) groups is 1. The number of hydrogen-bond acceptors (Lipinski definition) is 6. The van der Waals surface area contributed by atoms with E-state index in [1.807, 2.05) is 108 Å². The fraction of sp³-hybridized carbons (Fsp3) is 0.333. The molecule has 0 bridgehead atoms. The lowest BCUT2D eigenvalue weighted by Gasteiger charge is -2.44. The molecule has 2 aliphatic heterocycles. The number of nitrogens with one attached hydrogen (secondary N) is 3. The molecule has 0 radical (unpaired) electrons. The molecule has 0 spiro atoms. The molecule has 1 aromatic heterocycles. The number of carbonyl (C=O) groups excluding carboxylic acids is 1. The minimum Gasteiger partial charge on any atom is -0.392 e. The Labute approximate surface area is 285 Å². The summed E-state index contributed by atoms with van der Waals surface area (Å²) in [6.45, 7) is 4.99. The van der Waals surface area contributed by atoms with Gasteiger partial charge in [0, 0.05) is 49.4 Å². The van der Waals surface area contributed by atoms with Crippen LogP contribution in [0.4, 0.5) is 10.5 Å². The first-order valence-corrected chi connectivity index (χ1v) is 17.1. The van der Waals surface area contributed by atoms with Gasteiger partial charge < -0.3 is 35.1 Å². The second-order valence-electron chi connectivity index (χ2n) is 13.1. The fourth-order valence-corrected chi connectivity index (χ4v) is 7.10. The van der Waals surface area contributed by atoms with Gasteiger partial charge in [0.2, 0.25) is 0 Å². The average Bonchev–Trinajstić information content (AvgIpc) is 3.48. The van der Waals surface area contributed by atoms with Gasteiger partial charge in [0.15, 0.2) is 6.29 Å². The summed E-state index contributed by atoms with van der Waals surface area (Å²) in [7, 11) is 0. The normalized spacial score (nSPS) is 21.8. The summed E-state index contributed by atoms with van der Waals surface area (Å²) in [4.78, 5) is 31.0. The zero-order chi connectivity index (χ0) is 33.7. The minimum atomic E-state index is -0.653. The predicted octanol–water partition coefficient (Wildman–Crippen LogP) is 6.27. The molecule has 3 heterocycles. The number of amides is 2. The van der Waals surface area contributed by atoms with Gasteiger partial charge in [0.25, 0.3) is 0 Å². The molecular weight excluding hydrogens is 618 g/mol. The lowest BCUT2D eigenvalue weighted by atomic mass is 9.89. The van der Waals surface area contributed by atoms with Gasteiger partial charge in [0.05, 0.1) is 29.8 Å². The van der Waals surface area contributed by atoms with E-state index in [2.05, 4.69) is 27.4 Å². The number of benzene rings is 4. The van der Waals surface area contributed by atoms with Crippen molar-refractivity contribution < 1.29 is 19.4 Å². The third-order valence-corrected chi connectivity index (χ3v) is 9.82. The SMILES string of the molecule is CC1C(CN2CCC(n3c(=O)[nH]c4ccccc43)CC2)OC(c2cccc(NC(=O)NCc3ccccc3)c2)OC1c1ccc(CO)cc1. The van der Waals surface area contributed by atoms with Crippen LogP contribution in [0.15, 0.2) is 108 Å². The highest BCUT2D eigenvalue weighted by molar-refractivity contribution is 5.89. The number of nitrogens with zero attached hydrogens (tertiary/aromatic N) is 2. The molecule has 7 rings (SSSR count). The first-order valence-electron chi connectivity index (χ1n) is 17.1. The van der Waals surface area contributed by atoms with Crippen LogP contribution in [-0.4, -0.2) is 51.3 Å². The number of urea groups is 1. The maximum atomic E-state index is 12.9. The van der Waals surface area contributed by atoms with E-state index < -0.39 is 6.29 Å². The monoisotopic (exact) mass is 661 g/mol. The molecule has 10 heteroatoms. The van der Waals surface area contributed by atoms with E-state index in [1.54, 1.807) is 0 Å². The molecule has 4 aromatic carbocycles. The van der Waals surface area contributed by atoms with Crippen molar-refractivity contribution >= 4 is 22.8 Å². The Balaban J connectivity index is 1.06. The Morgan fingerprint density at radius 3 is 2.41 bits per heavy atom. The third-order valence-electron chi connectivity index (χ3n) is 9.82. The zero-order valence-corrected chi connectivity index (χ0v) is 27.6. The number of ether oxygens (including phenoxy) is 2.